The van der Waals surface area contributed by atoms with Gasteiger partial charge in [0.05, 0.1) is 5.71 Å². The van der Waals surface area contributed by atoms with Crippen LogP contribution in [0.1, 0.15) is 44.2 Å². The van der Waals surface area contributed by atoms with Gasteiger partial charge in [-0.15, -0.1) is 0 Å². The highest BCUT2D eigenvalue weighted by Crippen LogP contribution is 2.16. The molecule has 3 heteroatoms. The van der Waals surface area contributed by atoms with Gasteiger partial charge in [-0.05, 0) is 41.7 Å². The molecule has 0 saturated carbocycles. The van der Waals surface area contributed by atoms with Gasteiger partial charge in [0.1, 0.15) is 12.4 Å². The Balaban J connectivity index is 1.84. The minimum Gasteiger partial charge on any atom is -0.490 e. The molecule has 0 aliphatic carbocycles. The molecule has 0 unspecified atom stereocenters. The monoisotopic (exact) mass is 310 g/mol. The van der Waals surface area contributed by atoms with Crippen molar-refractivity contribution in [2.45, 2.75) is 33.1 Å². The first-order valence-electron chi connectivity index (χ1n) is 8.08. The molecule has 3 nitrogen and oxygen atoms in total. The minimum absolute atomic E-state index is 0.419. The molecule has 0 spiro atoms. The van der Waals surface area contributed by atoms with Crippen LogP contribution < -0.4 is 4.74 Å². The van der Waals surface area contributed by atoms with Gasteiger partial charge < -0.3 is 9.57 Å². The first-order chi connectivity index (χ1) is 11.2. The van der Waals surface area contributed by atoms with Gasteiger partial charge in [-0.2, -0.15) is 0 Å². The van der Waals surface area contributed by atoms with Gasteiger partial charge in [-0.3, -0.25) is 0 Å². The quantitative estimate of drug-likeness (QED) is 0.397. The number of benzene rings is 2. The van der Waals surface area contributed by atoms with Crippen LogP contribution in [0, 0.1) is 6.07 Å². The van der Waals surface area contributed by atoms with Crippen molar-refractivity contribution in [1.29, 1.82) is 0 Å². The smallest absolute Gasteiger partial charge is 0.151 e. The number of hydrogen-bond donors (Lipinski definition) is 0. The van der Waals surface area contributed by atoms with E-state index >= 15 is 0 Å². The number of nitrogens with zero attached hydrogens (tertiary/aromatic N) is 1. The normalized spacial score (nSPS) is 11.6. The number of hydrogen-bond acceptors (Lipinski definition) is 3. The number of oxime groups is 1. The van der Waals surface area contributed by atoms with E-state index in [-0.39, 0.29) is 0 Å². The van der Waals surface area contributed by atoms with E-state index in [4.69, 9.17) is 9.57 Å². The van der Waals surface area contributed by atoms with Crippen molar-refractivity contribution in [3.63, 3.8) is 0 Å². The van der Waals surface area contributed by atoms with Crippen molar-refractivity contribution in [1.82, 2.24) is 0 Å². The second kappa shape index (κ2) is 8.99. The SMILES string of the molecule is CCC(=NOCCOc1c[c]ccc1)c1ccc(C(C)C)cc1. The Hall–Kier alpha value is -2.29. The van der Waals surface area contributed by atoms with Crippen LogP contribution in [0.25, 0.3) is 0 Å². The summed E-state index contributed by atoms with van der Waals surface area (Å²) in [5.74, 6) is 1.33. The maximum Gasteiger partial charge on any atom is 0.151 e. The third-order valence-electron chi connectivity index (χ3n) is 3.54. The molecule has 23 heavy (non-hydrogen) atoms. The first-order valence-corrected chi connectivity index (χ1v) is 8.08. The van der Waals surface area contributed by atoms with E-state index in [1.807, 2.05) is 18.2 Å². The fourth-order valence-electron chi connectivity index (χ4n) is 2.17. The van der Waals surface area contributed by atoms with Crippen LogP contribution in [0.5, 0.6) is 5.75 Å². The van der Waals surface area contributed by atoms with Crippen molar-refractivity contribution in [3.05, 3.63) is 65.7 Å². The maximum atomic E-state index is 5.54. The molecule has 0 N–H and O–H groups in total. The van der Waals surface area contributed by atoms with Crippen LogP contribution in [-0.4, -0.2) is 18.9 Å². The van der Waals surface area contributed by atoms with Gasteiger partial charge in [0, 0.05) is 0 Å². The lowest BCUT2D eigenvalue weighted by molar-refractivity contribution is 0.107. The highest BCUT2D eigenvalue weighted by atomic mass is 16.6. The Morgan fingerprint density at radius 1 is 1.13 bits per heavy atom. The molecule has 0 aliphatic heterocycles. The molecule has 121 valence electrons. The fourth-order valence-corrected chi connectivity index (χ4v) is 2.17. The van der Waals surface area contributed by atoms with E-state index in [9.17, 15) is 0 Å². The number of rotatable bonds is 8. The predicted octanol–water partition coefficient (Wildman–Crippen LogP) is 4.82. The Morgan fingerprint density at radius 2 is 1.91 bits per heavy atom. The van der Waals surface area contributed by atoms with Crippen molar-refractivity contribution in [2.24, 2.45) is 5.16 Å². The molecule has 0 bridgehead atoms. The predicted molar refractivity (Wildman–Crippen MR) is 94.1 cm³/mol. The van der Waals surface area contributed by atoms with Gasteiger partial charge in [-0.1, -0.05) is 62.3 Å². The molecular weight excluding hydrogens is 286 g/mol. The van der Waals surface area contributed by atoms with Crippen molar-refractivity contribution in [3.8, 4) is 5.75 Å². The Morgan fingerprint density at radius 3 is 2.52 bits per heavy atom. The lowest BCUT2D eigenvalue weighted by Crippen LogP contribution is -2.06. The van der Waals surface area contributed by atoms with E-state index < -0.39 is 0 Å². The summed E-state index contributed by atoms with van der Waals surface area (Å²) < 4.78 is 5.54. The van der Waals surface area contributed by atoms with Gasteiger partial charge >= 0.3 is 0 Å². The van der Waals surface area contributed by atoms with Crippen LogP contribution in [0.4, 0.5) is 0 Å². The average molecular weight is 310 g/mol. The summed E-state index contributed by atoms with van der Waals surface area (Å²) in [7, 11) is 0. The van der Waals surface area contributed by atoms with E-state index in [1.165, 1.54) is 5.56 Å². The zero-order valence-corrected chi connectivity index (χ0v) is 14.1. The standard InChI is InChI=1S/C20H24NO2/c1-4-20(18-12-10-17(11-13-18)16(2)3)21-23-15-14-22-19-8-6-5-7-9-19/h5-6,8-13,16H,4,14-15H2,1-3H3. The maximum absolute atomic E-state index is 5.54. The summed E-state index contributed by atoms with van der Waals surface area (Å²) in [4.78, 5) is 5.39. The third kappa shape index (κ3) is 5.44. The highest BCUT2D eigenvalue weighted by Gasteiger charge is 2.04. The molecule has 2 aromatic rings. The van der Waals surface area contributed by atoms with Crippen molar-refractivity contribution >= 4 is 5.71 Å². The Kier molecular flexibility index (Phi) is 6.67. The van der Waals surface area contributed by atoms with E-state index in [1.54, 1.807) is 6.07 Å². The minimum atomic E-state index is 0.419. The summed E-state index contributed by atoms with van der Waals surface area (Å²) in [6, 6.07) is 18.9. The lowest BCUT2D eigenvalue weighted by atomic mass is 10.00. The molecule has 0 amide bonds. The van der Waals surface area contributed by atoms with Gasteiger partial charge in [0.25, 0.3) is 0 Å². The van der Waals surface area contributed by atoms with E-state index in [0.29, 0.717) is 19.1 Å². The first kappa shape index (κ1) is 17.1. The van der Waals surface area contributed by atoms with Crippen LogP contribution >= 0.6 is 0 Å². The molecule has 2 rings (SSSR count). The van der Waals surface area contributed by atoms with Crippen LogP contribution in [0.15, 0.2) is 53.7 Å². The summed E-state index contributed by atoms with van der Waals surface area (Å²) in [5.41, 5.74) is 3.39. The average Bonchev–Trinajstić information content (AvgIpc) is 2.59. The molecule has 1 radical (unpaired) electrons. The molecule has 0 fully saturated rings. The van der Waals surface area contributed by atoms with Gasteiger partial charge in [0.2, 0.25) is 0 Å². The second-order valence-electron chi connectivity index (χ2n) is 5.59. The third-order valence-corrected chi connectivity index (χ3v) is 3.54. The lowest BCUT2D eigenvalue weighted by Gasteiger charge is -2.09. The molecule has 0 atom stereocenters. The molecule has 0 saturated heterocycles. The largest absolute Gasteiger partial charge is 0.490 e. The second-order valence-corrected chi connectivity index (χ2v) is 5.59. The fraction of sp³-hybridized carbons (Fsp3) is 0.350. The molecule has 0 aliphatic rings. The summed E-state index contributed by atoms with van der Waals surface area (Å²) in [6.45, 7) is 7.34. The molecule has 0 heterocycles. The summed E-state index contributed by atoms with van der Waals surface area (Å²) in [5, 5.41) is 4.25. The van der Waals surface area contributed by atoms with Gasteiger partial charge in [-0.25, -0.2) is 0 Å². The van der Waals surface area contributed by atoms with Crippen molar-refractivity contribution in [2.75, 3.05) is 13.2 Å². The molecular formula is C20H24NO2. The Labute approximate surface area is 138 Å². The summed E-state index contributed by atoms with van der Waals surface area (Å²) >= 11 is 0. The van der Waals surface area contributed by atoms with Crippen LogP contribution in [-0.2, 0) is 4.84 Å². The van der Waals surface area contributed by atoms with Crippen LogP contribution in [0.2, 0.25) is 0 Å². The number of ether oxygens (including phenoxy) is 1. The van der Waals surface area contributed by atoms with E-state index in [0.717, 1.165) is 23.4 Å². The Bertz CT molecular complexity index is 603. The zero-order chi connectivity index (χ0) is 16.5. The van der Waals surface area contributed by atoms with Gasteiger partial charge in [0.15, 0.2) is 6.61 Å². The molecule has 2 aromatic carbocycles. The highest BCUT2D eigenvalue weighted by molar-refractivity contribution is 6.00. The van der Waals surface area contributed by atoms with Crippen LogP contribution in [0.3, 0.4) is 0 Å². The van der Waals surface area contributed by atoms with E-state index in [2.05, 4.69) is 56.3 Å². The zero-order valence-electron chi connectivity index (χ0n) is 14.1. The molecule has 0 aromatic heterocycles. The van der Waals surface area contributed by atoms with Crippen molar-refractivity contribution < 1.29 is 9.57 Å². The topological polar surface area (TPSA) is 30.8 Å². The summed E-state index contributed by atoms with van der Waals surface area (Å²) in [6.07, 6.45) is 0.829.